The average molecular weight is 287 g/mol. The van der Waals surface area contributed by atoms with Gasteiger partial charge in [-0.3, -0.25) is 0 Å². The summed E-state index contributed by atoms with van der Waals surface area (Å²) in [5, 5.41) is 6.44. The number of hydrogen-bond acceptors (Lipinski definition) is 2. The molecule has 4 bridgehead atoms. The van der Waals surface area contributed by atoms with Crippen molar-refractivity contribution in [3.63, 3.8) is 0 Å². The summed E-state index contributed by atoms with van der Waals surface area (Å²) >= 11 is 1.98. The second-order valence-electron chi connectivity index (χ2n) is 8.17. The highest BCUT2D eigenvalue weighted by atomic mass is 32.1. The molecule has 1 nitrogen and oxygen atoms in total. The zero-order valence-electron chi connectivity index (χ0n) is 12.2. The topological polar surface area (TPSA) is 12.0 Å². The fraction of sp³-hybridized carbons (Fsp3) is 0.778. The fourth-order valence-electron chi connectivity index (χ4n) is 5.72. The second kappa shape index (κ2) is 4.33. The van der Waals surface area contributed by atoms with Gasteiger partial charge in [0.05, 0.1) is 0 Å². The van der Waals surface area contributed by atoms with Crippen molar-refractivity contribution >= 4 is 11.3 Å². The third-order valence-electron chi connectivity index (χ3n) is 6.40. The molecular formula is C18H25NS. The van der Waals surface area contributed by atoms with Gasteiger partial charge in [-0.1, -0.05) is 0 Å². The maximum Gasteiger partial charge on any atom is 0.0305 e. The molecule has 1 aromatic rings. The van der Waals surface area contributed by atoms with Crippen LogP contribution < -0.4 is 5.32 Å². The van der Waals surface area contributed by atoms with Crippen LogP contribution in [0.5, 0.6) is 0 Å². The van der Waals surface area contributed by atoms with E-state index in [-0.39, 0.29) is 0 Å². The van der Waals surface area contributed by atoms with Gasteiger partial charge in [-0.15, -0.1) is 11.3 Å². The summed E-state index contributed by atoms with van der Waals surface area (Å²) in [6, 6.07) is 2.48. The number of hydrogen-bond donors (Lipinski definition) is 1. The summed E-state index contributed by atoms with van der Waals surface area (Å²) in [7, 11) is 0. The SMILES string of the molecule is c1sc(CNC23CC4CC(CC(C4)C2)C3)cc1C1CC1. The lowest BCUT2D eigenvalue weighted by Gasteiger charge is -2.57. The molecule has 0 unspecified atom stereocenters. The van der Waals surface area contributed by atoms with Crippen molar-refractivity contribution in [3.05, 3.63) is 21.9 Å². The average Bonchev–Trinajstić information content (AvgIpc) is 3.14. The maximum absolute atomic E-state index is 4.03. The van der Waals surface area contributed by atoms with E-state index in [0.717, 1.165) is 30.2 Å². The van der Waals surface area contributed by atoms with Gasteiger partial charge in [0.15, 0.2) is 0 Å². The largest absolute Gasteiger partial charge is 0.306 e. The predicted octanol–water partition coefficient (Wildman–Crippen LogP) is 4.68. The van der Waals surface area contributed by atoms with Crippen molar-refractivity contribution in [2.75, 3.05) is 0 Å². The molecule has 1 N–H and O–H groups in total. The van der Waals surface area contributed by atoms with Crippen LogP contribution in [0.3, 0.4) is 0 Å². The molecule has 5 aliphatic carbocycles. The Hall–Kier alpha value is -0.340. The minimum absolute atomic E-state index is 0.526. The van der Waals surface area contributed by atoms with Gasteiger partial charge in [0.25, 0.3) is 0 Å². The van der Waals surface area contributed by atoms with Crippen LogP contribution in [-0.2, 0) is 6.54 Å². The Morgan fingerprint density at radius 2 is 1.70 bits per heavy atom. The molecule has 1 heterocycles. The molecule has 0 aromatic carbocycles. The first-order valence-corrected chi connectivity index (χ1v) is 9.48. The second-order valence-corrected chi connectivity index (χ2v) is 9.17. The van der Waals surface area contributed by atoms with Crippen molar-refractivity contribution in [3.8, 4) is 0 Å². The molecule has 0 amide bonds. The Morgan fingerprint density at radius 1 is 1.05 bits per heavy atom. The van der Waals surface area contributed by atoms with E-state index >= 15 is 0 Å². The summed E-state index contributed by atoms with van der Waals surface area (Å²) in [6.07, 6.45) is 11.9. The fourth-order valence-corrected chi connectivity index (χ4v) is 6.63. The summed E-state index contributed by atoms with van der Waals surface area (Å²) in [5.74, 6) is 4.08. The number of rotatable bonds is 4. The lowest BCUT2D eigenvalue weighted by atomic mass is 9.53. The van der Waals surface area contributed by atoms with E-state index in [1.165, 1.54) is 32.1 Å². The standard InChI is InChI=1S/C18H25NS/c1-2-15(1)16-6-17(20-11-16)10-19-18-7-12-3-13(8-18)5-14(4-12)9-18/h6,11-15,19H,1-5,7-10H2. The van der Waals surface area contributed by atoms with Crippen molar-refractivity contribution in [1.82, 2.24) is 5.32 Å². The molecule has 108 valence electrons. The first-order valence-electron chi connectivity index (χ1n) is 8.60. The molecule has 2 heteroatoms. The van der Waals surface area contributed by atoms with Gasteiger partial charge in [0, 0.05) is 17.0 Å². The van der Waals surface area contributed by atoms with Gasteiger partial charge in [-0.05, 0) is 92.0 Å². The molecule has 5 fully saturated rings. The summed E-state index contributed by atoms with van der Waals surface area (Å²) < 4.78 is 0. The monoisotopic (exact) mass is 287 g/mol. The van der Waals surface area contributed by atoms with Crippen LogP contribution in [0, 0.1) is 17.8 Å². The lowest BCUT2D eigenvalue weighted by molar-refractivity contribution is -0.0204. The van der Waals surface area contributed by atoms with E-state index in [4.69, 9.17) is 0 Å². The Balaban J connectivity index is 1.28. The van der Waals surface area contributed by atoms with E-state index < -0.39 is 0 Å². The van der Waals surface area contributed by atoms with Gasteiger partial charge in [0.2, 0.25) is 0 Å². The Kier molecular flexibility index (Phi) is 2.65. The van der Waals surface area contributed by atoms with Crippen LogP contribution in [0.25, 0.3) is 0 Å². The molecule has 0 atom stereocenters. The van der Waals surface area contributed by atoms with Crippen molar-refractivity contribution in [2.24, 2.45) is 17.8 Å². The lowest BCUT2D eigenvalue weighted by Crippen LogP contribution is -2.58. The zero-order chi connectivity index (χ0) is 13.2. The first kappa shape index (κ1) is 12.2. The number of thiophene rings is 1. The Morgan fingerprint density at radius 3 is 2.30 bits per heavy atom. The predicted molar refractivity (Wildman–Crippen MR) is 84.0 cm³/mol. The highest BCUT2D eigenvalue weighted by Crippen LogP contribution is 2.55. The summed E-state index contributed by atoms with van der Waals surface area (Å²) in [5.41, 5.74) is 2.15. The van der Waals surface area contributed by atoms with E-state index in [9.17, 15) is 0 Å². The van der Waals surface area contributed by atoms with Crippen LogP contribution in [0.15, 0.2) is 11.4 Å². The molecule has 1 aromatic heterocycles. The van der Waals surface area contributed by atoms with Crippen molar-refractivity contribution < 1.29 is 0 Å². The molecular weight excluding hydrogens is 262 g/mol. The van der Waals surface area contributed by atoms with Gasteiger partial charge in [0.1, 0.15) is 0 Å². The van der Waals surface area contributed by atoms with Crippen LogP contribution in [-0.4, -0.2) is 5.54 Å². The summed E-state index contributed by atoms with van der Waals surface area (Å²) in [4.78, 5) is 1.57. The van der Waals surface area contributed by atoms with Crippen molar-refractivity contribution in [1.29, 1.82) is 0 Å². The van der Waals surface area contributed by atoms with Gasteiger partial charge in [-0.25, -0.2) is 0 Å². The normalized spacial score (nSPS) is 42.3. The Bertz CT molecular complexity index is 478. The molecule has 6 rings (SSSR count). The highest BCUT2D eigenvalue weighted by molar-refractivity contribution is 7.10. The zero-order valence-corrected chi connectivity index (χ0v) is 13.1. The molecule has 0 saturated heterocycles. The van der Waals surface area contributed by atoms with Gasteiger partial charge in [-0.2, -0.15) is 0 Å². The van der Waals surface area contributed by atoms with Gasteiger partial charge >= 0.3 is 0 Å². The smallest absolute Gasteiger partial charge is 0.0305 e. The molecule has 0 aliphatic heterocycles. The van der Waals surface area contributed by atoms with E-state index in [1.54, 1.807) is 29.7 Å². The highest BCUT2D eigenvalue weighted by Gasteiger charge is 2.50. The number of nitrogens with one attached hydrogen (secondary N) is 1. The van der Waals surface area contributed by atoms with Crippen molar-refractivity contribution in [2.45, 2.75) is 69.4 Å². The minimum atomic E-state index is 0.526. The molecule has 5 saturated carbocycles. The van der Waals surface area contributed by atoms with Crippen LogP contribution in [0.4, 0.5) is 0 Å². The van der Waals surface area contributed by atoms with E-state index in [1.807, 2.05) is 11.3 Å². The maximum atomic E-state index is 4.03. The first-order chi connectivity index (χ1) is 9.78. The quantitative estimate of drug-likeness (QED) is 0.847. The molecule has 0 spiro atoms. The summed E-state index contributed by atoms with van der Waals surface area (Å²) in [6.45, 7) is 1.13. The van der Waals surface area contributed by atoms with E-state index in [2.05, 4.69) is 16.8 Å². The minimum Gasteiger partial charge on any atom is -0.306 e. The third kappa shape index (κ3) is 2.07. The van der Waals surface area contributed by atoms with Crippen LogP contribution >= 0.6 is 11.3 Å². The van der Waals surface area contributed by atoms with Crippen LogP contribution in [0.2, 0.25) is 0 Å². The Labute approximate surface area is 126 Å². The molecule has 20 heavy (non-hydrogen) atoms. The van der Waals surface area contributed by atoms with Gasteiger partial charge < -0.3 is 5.32 Å². The van der Waals surface area contributed by atoms with E-state index in [0.29, 0.717) is 5.54 Å². The third-order valence-corrected chi connectivity index (χ3v) is 7.35. The molecule has 5 aliphatic rings. The van der Waals surface area contributed by atoms with Crippen LogP contribution in [0.1, 0.15) is 67.7 Å². The molecule has 0 radical (unpaired) electrons.